The summed E-state index contributed by atoms with van der Waals surface area (Å²) in [5, 5.41) is 3.44. The van der Waals surface area contributed by atoms with Crippen molar-refractivity contribution in [2.24, 2.45) is 0 Å². The lowest BCUT2D eigenvalue weighted by Gasteiger charge is -2.11. The number of ether oxygens (including phenoxy) is 2. The maximum Gasteiger partial charge on any atom is 0.127 e. The predicted molar refractivity (Wildman–Crippen MR) is 81.4 cm³/mol. The van der Waals surface area contributed by atoms with E-state index < -0.39 is 0 Å². The molecule has 0 saturated carbocycles. The van der Waals surface area contributed by atoms with Gasteiger partial charge in [-0.15, -0.1) is 0 Å². The second-order valence-electron chi connectivity index (χ2n) is 4.59. The van der Waals surface area contributed by atoms with Gasteiger partial charge in [0.25, 0.3) is 0 Å². The van der Waals surface area contributed by atoms with Crippen molar-refractivity contribution < 1.29 is 21.9 Å². The molecule has 0 amide bonds. The molecule has 0 saturated heterocycles. The van der Waals surface area contributed by atoms with Crippen LogP contribution in [0.3, 0.4) is 0 Å². The van der Waals surface area contributed by atoms with Crippen LogP contribution in [0.25, 0.3) is 0 Å². The fourth-order valence-electron chi connectivity index (χ4n) is 2.10. The Bertz CT molecular complexity index is 532. The van der Waals surface area contributed by atoms with E-state index in [-0.39, 0.29) is 12.4 Å². The SMILES string of the molecule is COc1ccc(CNCCc2ccccc2)c(OC)c1.[Cl-]. The van der Waals surface area contributed by atoms with E-state index in [9.17, 15) is 0 Å². The van der Waals surface area contributed by atoms with Gasteiger partial charge in [0, 0.05) is 18.2 Å². The minimum atomic E-state index is 0. The first-order valence-electron chi connectivity index (χ1n) is 6.79. The van der Waals surface area contributed by atoms with E-state index in [0.717, 1.165) is 36.6 Å². The zero-order valence-corrected chi connectivity index (χ0v) is 13.2. The van der Waals surface area contributed by atoms with Crippen molar-refractivity contribution in [1.82, 2.24) is 5.32 Å². The minimum Gasteiger partial charge on any atom is -1.00 e. The lowest BCUT2D eigenvalue weighted by Crippen LogP contribution is -3.00. The second kappa shape index (κ2) is 9.27. The molecular formula is C17H21ClNO2-. The second-order valence-corrected chi connectivity index (χ2v) is 4.59. The van der Waals surface area contributed by atoms with E-state index in [0.29, 0.717) is 0 Å². The molecule has 0 aliphatic carbocycles. The van der Waals surface area contributed by atoms with Crippen LogP contribution in [0.2, 0.25) is 0 Å². The van der Waals surface area contributed by atoms with Crippen LogP contribution in [-0.4, -0.2) is 20.8 Å². The molecule has 4 heteroatoms. The number of hydrogen-bond donors (Lipinski definition) is 1. The van der Waals surface area contributed by atoms with E-state index >= 15 is 0 Å². The third-order valence-electron chi connectivity index (χ3n) is 3.24. The molecule has 2 rings (SSSR count). The first-order chi connectivity index (χ1) is 9.83. The van der Waals surface area contributed by atoms with Gasteiger partial charge in [-0.2, -0.15) is 0 Å². The highest BCUT2D eigenvalue weighted by molar-refractivity contribution is 5.40. The van der Waals surface area contributed by atoms with Crippen LogP contribution in [0.15, 0.2) is 48.5 Å². The maximum atomic E-state index is 5.38. The third-order valence-corrected chi connectivity index (χ3v) is 3.24. The summed E-state index contributed by atoms with van der Waals surface area (Å²) in [7, 11) is 3.34. The fraction of sp³-hybridized carbons (Fsp3) is 0.294. The highest BCUT2D eigenvalue weighted by Crippen LogP contribution is 2.24. The number of hydrogen-bond acceptors (Lipinski definition) is 3. The molecule has 0 aromatic heterocycles. The molecule has 0 radical (unpaired) electrons. The monoisotopic (exact) mass is 306 g/mol. The van der Waals surface area contributed by atoms with Crippen molar-refractivity contribution in [3.63, 3.8) is 0 Å². The van der Waals surface area contributed by atoms with Crippen molar-refractivity contribution in [2.75, 3.05) is 20.8 Å². The van der Waals surface area contributed by atoms with Gasteiger partial charge in [0.2, 0.25) is 0 Å². The number of nitrogens with one attached hydrogen (secondary N) is 1. The Hall–Kier alpha value is -1.71. The highest BCUT2D eigenvalue weighted by Gasteiger charge is 2.04. The Morgan fingerprint density at radius 3 is 2.38 bits per heavy atom. The molecule has 0 aliphatic heterocycles. The van der Waals surface area contributed by atoms with Gasteiger partial charge < -0.3 is 27.2 Å². The zero-order chi connectivity index (χ0) is 14.2. The van der Waals surface area contributed by atoms with Crippen LogP contribution in [-0.2, 0) is 13.0 Å². The van der Waals surface area contributed by atoms with Gasteiger partial charge in [0.15, 0.2) is 0 Å². The van der Waals surface area contributed by atoms with E-state index in [1.165, 1.54) is 5.56 Å². The quantitative estimate of drug-likeness (QED) is 0.733. The van der Waals surface area contributed by atoms with E-state index in [4.69, 9.17) is 9.47 Å². The molecule has 0 unspecified atom stereocenters. The summed E-state index contributed by atoms with van der Waals surface area (Å²) in [5.41, 5.74) is 2.49. The van der Waals surface area contributed by atoms with Crippen molar-refractivity contribution in [3.05, 3.63) is 59.7 Å². The van der Waals surface area contributed by atoms with Crippen LogP contribution in [0.4, 0.5) is 0 Å². The molecule has 0 spiro atoms. The topological polar surface area (TPSA) is 30.5 Å². The molecule has 0 bridgehead atoms. The summed E-state index contributed by atoms with van der Waals surface area (Å²) < 4.78 is 10.6. The third kappa shape index (κ3) is 5.29. The summed E-state index contributed by atoms with van der Waals surface area (Å²) in [6.45, 7) is 1.74. The summed E-state index contributed by atoms with van der Waals surface area (Å²) in [6.07, 6.45) is 1.03. The predicted octanol–water partition coefficient (Wildman–Crippen LogP) is 0.0401. The van der Waals surface area contributed by atoms with Crippen LogP contribution >= 0.6 is 0 Å². The number of halogens is 1. The van der Waals surface area contributed by atoms with E-state index in [2.05, 4.69) is 29.6 Å². The summed E-state index contributed by atoms with van der Waals surface area (Å²) >= 11 is 0. The standard InChI is InChI=1S/C17H21NO2.ClH/c1-19-16-9-8-15(17(12-16)20-2)13-18-11-10-14-6-4-3-5-7-14;/h3-9,12,18H,10-11,13H2,1-2H3;1H/p-1. The van der Waals surface area contributed by atoms with E-state index in [1.807, 2.05) is 24.3 Å². The Labute approximate surface area is 132 Å². The van der Waals surface area contributed by atoms with Crippen LogP contribution < -0.4 is 27.2 Å². The van der Waals surface area contributed by atoms with Crippen molar-refractivity contribution in [1.29, 1.82) is 0 Å². The minimum absolute atomic E-state index is 0. The van der Waals surface area contributed by atoms with Crippen LogP contribution in [0.5, 0.6) is 11.5 Å². The van der Waals surface area contributed by atoms with Crippen LogP contribution in [0.1, 0.15) is 11.1 Å². The average Bonchev–Trinajstić information content (AvgIpc) is 2.52. The van der Waals surface area contributed by atoms with Gasteiger partial charge in [-0.05, 0) is 24.6 Å². The Morgan fingerprint density at radius 2 is 1.71 bits per heavy atom. The molecule has 1 N–H and O–H groups in total. The summed E-state index contributed by atoms with van der Waals surface area (Å²) in [4.78, 5) is 0. The number of rotatable bonds is 7. The Kier molecular flexibility index (Phi) is 7.65. The maximum absolute atomic E-state index is 5.38. The van der Waals surface area contributed by atoms with Crippen molar-refractivity contribution in [2.45, 2.75) is 13.0 Å². The van der Waals surface area contributed by atoms with Crippen molar-refractivity contribution in [3.8, 4) is 11.5 Å². The molecule has 3 nitrogen and oxygen atoms in total. The molecule has 0 aliphatic rings. The molecule has 2 aromatic carbocycles. The number of methoxy groups -OCH3 is 2. The van der Waals surface area contributed by atoms with Crippen LogP contribution in [0, 0.1) is 0 Å². The molecule has 114 valence electrons. The largest absolute Gasteiger partial charge is 1.00 e. The van der Waals surface area contributed by atoms with E-state index in [1.54, 1.807) is 14.2 Å². The zero-order valence-electron chi connectivity index (χ0n) is 12.4. The first kappa shape index (κ1) is 17.3. The molecule has 0 atom stereocenters. The van der Waals surface area contributed by atoms with Gasteiger partial charge in [-0.1, -0.05) is 36.4 Å². The number of benzene rings is 2. The van der Waals surface area contributed by atoms with Gasteiger partial charge >= 0.3 is 0 Å². The molecule has 21 heavy (non-hydrogen) atoms. The smallest absolute Gasteiger partial charge is 0.127 e. The average molecular weight is 307 g/mol. The fourth-order valence-corrected chi connectivity index (χ4v) is 2.10. The highest BCUT2D eigenvalue weighted by atomic mass is 35.5. The summed E-state index contributed by atoms with van der Waals surface area (Å²) in [6, 6.07) is 16.4. The molecule has 0 fully saturated rings. The first-order valence-corrected chi connectivity index (χ1v) is 6.79. The van der Waals surface area contributed by atoms with Gasteiger partial charge in [-0.3, -0.25) is 0 Å². The molecular weight excluding hydrogens is 286 g/mol. The van der Waals surface area contributed by atoms with Crippen molar-refractivity contribution >= 4 is 0 Å². The Morgan fingerprint density at radius 1 is 0.952 bits per heavy atom. The molecule has 2 aromatic rings. The lowest BCUT2D eigenvalue weighted by atomic mass is 10.1. The van der Waals surface area contributed by atoms with Gasteiger partial charge in [0.05, 0.1) is 14.2 Å². The summed E-state index contributed by atoms with van der Waals surface area (Å²) in [5.74, 6) is 1.67. The Balaban J connectivity index is 0.00000220. The lowest BCUT2D eigenvalue weighted by molar-refractivity contribution is -0.00000476. The van der Waals surface area contributed by atoms with Gasteiger partial charge in [0.1, 0.15) is 11.5 Å². The van der Waals surface area contributed by atoms with Gasteiger partial charge in [-0.25, -0.2) is 0 Å². The normalized spacial score (nSPS) is 9.81. The molecule has 0 heterocycles.